The topological polar surface area (TPSA) is 68.8 Å². The lowest BCUT2D eigenvalue weighted by molar-refractivity contribution is 0.471. The van der Waals surface area contributed by atoms with Crippen molar-refractivity contribution in [2.75, 3.05) is 5.32 Å². The number of aryl methyl sites for hydroxylation is 1. The number of nitrogens with zero attached hydrogens (tertiary/aromatic N) is 4. The van der Waals surface area contributed by atoms with Crippen LogP contribution in [0.4, 0.5) is 5.69 Å². The monoisotopic (exact) mass is 347 g/mol. The van der Waals surface area contributed by atoms with Gasteiger partial charge in [-0.1, -0.05) is 12.1 Å². The molecule has 0 saturated heterocycles. The number of hydrogen-bond donors (Lipinski definition) is 1. The number of benzene rings is 1. The summed E-state index contributed by atoms with van der Waals surface area (Å²) < 4.78 is 7.93. The molecule has 2 heterocycles. The number of anilines is 1. The quantitative estimate of drug-likeness (QED) is 0.783. The van der Waals surface area contributed by atoms with Gasteiger partial charge in [-0.05, 0) is 57.5 Å². The molecule has 2 aromatic heterocycles. The second-order valence-corrected chi connectivity index (χ2v) is 5.50. The van der Waals surface area contributed by atoms with E-state index in [2.05, 4.69) is 36.8 Å². The van der Waals surface area contributed by atoms with Crippen molar-refractivity contribution in [1.82, 2.24) is 20.2 Å². The molecule has 1 aromatic carbocycles. The minimum absolute atomic E-state index is 0.0594. The first-order valence-corrected chi connectivity index (χ1v) is 7.27. The van der Waals surface area contributed by atoms with Gasteiger partial charge in [0.1, 0.15) is 5.76 Å². The Morgan fingerprint density at radius 3 is 2.81 bits per heavy atom. The lowest BCUT2D eigenvalue weighted by Gasteiger charge is -2.13. The number of nitrogens with one attached hydrogen (secondary N) is 1. The molecule has 0 bridgehead atoms. The first kappa shape index (κ1) is 13.8. The lowest BCUT2D eigenvalue weighted by atomic mass is 10.1. The molecule has 3 aromatic rings. The van der Waals surface area contributed by atoms with Gasteiger partial charge >= 0.3 is 0 Å². The van der Waals surface area contributed by atoms with Gasteiger partial charge in [-0.2, -0.15) is 0 Å². The summed E-state index contributed by atoms with van der Waals surface area (Å²) in [6, 6.07) is 11.8. The Labute approximate surface area is 130 Å². The fourth-order valence-electron chi connectivity index (χ4n) is 2.10. The zero-order valence-electron chi connectivity index (χ0n) is 11.6. The summed E-state index contributed by atoms with van der Waals surface area (Å²) in [7, 11) is 1.82. The molecule has 108 valence electrons. The molecule has 0 radical (unpaired) electrons. The van der Waals surface area contributed by atoms with Crippen LogP contribution >= 0.6 is 15.9 Å². The van der Waals surface area contributed by atoms with E-state index in [1.807, 2.05) is 50.4 Å². The van der Waals surface area contributed by atoms with E-state index >= 15 is 0 Å². The Hall–Kier alpha value is -2.15. The molecule has 0 aliphatic heterocycles. The molecule has 0 fully saturated rings. The average Bonchev–Trinajstić information content (AvgIpc) is 3.08. The van der Waals surface area contributed by atoms with Gasteiger partial charge in [-0.15, -0.1) is 5.10 Å². The molecule has 3 rings (SSSR count). The maximum absolute atomic E-state index is 5.56. The van der Waals surface area contributed by atoms with Crippen LogP contribution < -0.4 is 5.32 Å². The minimum Gasteiger partial charge on any atom is -0.452 e. The largest absolute Gasteiger partial charge is 0.452 e. The zero-order chi connectivity index (χ0) is 14.8. The second kappa shape index (κ2) is 5.69. The minimum atomic E-state index is 0.0594. The van der Waals surface area contributed by atoms with Crippen molar-refractivity contribution in [2.45, 2.75) is 13.0 Å². The van der Waals surface area contributed by atoms with E-state index in [4.69, 9.17) is 4.42 Å². The highest BCUT2D eigenvalue weighted by molar-refractivity contribution is 9.10. The standard InChI is InChI=1S/C14H14BrN5O/c1-9(12-6-7-13(15)21-12)16-11-5-3-4-10(8-11)14-17-18-19-20(14)2/h3-9,16H,1-2H3. The molecule has 7 heteroatoms. The van der Waals surface area contributed by atoms with Crippen molar-refractivity contribution >= 4 is 21.6 Å². The van der Waals surface area contributed by atoms with Crippen LogP contribution in [0.1, 0.15) is 18.7 Å². The number of furan rings is 1. The van der Waals surface area contributed by atoms with Crippen molar-refractivity contribution < 1.29 is 4.42 Å². The summed E-state index contributed by atoms with van der Waals surface area (Å²) in [5.41, 5.74) is 1.94. The summed E-state index contributed by atoms with van der Waals surface area (Å²) in [5, 5.41) is 14.9. The van der Waals surface area contributed by atoms with Gasteiger partial charge < -0.3 is 9.73 Å². The lowest BCUT2D eigenvalue weighted by Crippen LogP contribution is -2.05. The molecular formula is C14H14BrN5O. The van der Waals surface area contributed by atoms with E-state index < -0.39 is 0 Å². The van der Waals surface area contributed by atoms with E-state index in [1.165, 1.54) is 0 Å². The molecule has 0 spiro atoms. The Kier molecular flexibility index (Phi) is 3.74. The summed E-state index contributed by atoms with van der Waals surface area (Å²) in [4.78, 5) is 0. The van der Waals surface area contributed by atoms with Crippen molar-refractivity contribution in [1.29, 1.82) is 0 Å². The molecule has 0 amide bonds. The molecule has 0 saturated carbocycles. The van der Waals surface area contributed by atoms with Crippen LogP contribution in [0.15, 0.2) is 45.5 Å². The van der Waals surface area contributed by atoms with Crippen molar-refractivity contribution in [3.63, 3.8) is 0 Å². The highest BCUT2D eigenvalue weighted by Gasteiger charge is 2.11. The van der Waals surface area contributed by atoms with E-state index in [-0.39, 0.29) is 6.04 Å². The van der Waals surface area contributed by atoms with Crippen molar-refractivity contribution in [3.05, 3.63) is 46.8 Å². The summed E-state index contributed by atoms with van der Waals surface area (Å²) >= 11 is 3.31. The van der Waals surface area contributed by atoms with Crippen LogP contribution in [0.5, 0.6) is 0 Å². The van der Waals surface area contributed by atoms with Crippen LogP contribution in [0.25, 0.3) is 11.4 Å². The normalized spacial score (nSPS) is 12.3. The number of rotatable bonds is 4. The first-order chi connectivity index (χ1) is 10.1. The van der Waals surface area contributed by atoms with Crippen molar-refractivity contribution in [3.8, 4) is 11.4 Å². The van der Waals surface area contributed by atoms with Crippen LogP contribution in [0, 0.1) is 0 Å². The maximum atomic E-state index is 5.56. The molecular weight excluding hydrogens is 334 g/mol. The molecule has 0 aliphatic carbocycles. The van der Waals surface area contributed by atoms with Crippen LogP contribution in [0.3, 0.4) is 0 Å². The van der Waals surface area contributed by atoms with Gasteiger partial charge in [-0.25, -0.2) is 4.68 Å². The average molecular weight is 348 g/mol. The number of tetrazole rings is 1. The van der Waals surface area contributed by atoms with Gasteiger partial charge in [0.05, 0.1) is 6.04 Å². The Morgan fingerprint density at radius 1 is 1.29 bits per heavy atom. The second-order valence-electron chi connectivity index (χ2n) is 4.71. The Bertz CT molecular complexity index is 751. The summed E-state index contributed by atoms with van der Waals surface area (Å²) in [6.45, 7) is 2.04. The van der Waals surface area contributed by atoms with E-state index in [9.17, 15) is 0 Å². The van der Waals surface area contributed by atoms with E-state index in [0.29, 0.717) is 0 Å². The third-order valence-electron chi connectivity index (χ3n) is 3.14. The molecule has 6 nitrogen and oxygen atoms in total. The predicted molar refractivity (Wildman–Crippen MR) is 82.7 cm³/mol. The van der Waals surface area contributed by atoms with E-state index in [1.54, 1.807) is 4.68 Å². The van der Waals surface area contributed by atoms with Crippen LogP contribution in [0.2, 0.25) is 0 Å². The number of halogens is 1. The fourth-order valence-corrected chi connectivity index (χ4v) is 2.42. The first-order valence-electron chi connectivity index (χ1n) is 6.48. The van der Waals surface area contributed by atoms with Crippen molar-refractivity contribution in [2.24, 2.45) is 7.05 Å². The highest BCUT2D eigenvalue weighted by atomic mass is 79.9. The van der Waals surface area contributed by atoms with Gasteiger partial charge in [0.2, 0.25) is 0 Å². The molecule has 1 N–H and O–H groups in total. The maximum Gasteiger partial charge on any atom is 0.181 e. The number of aromatic nitrogens is 4. The molecule has 21 heavy (non-hydrogen) atoms. The smallest absolute Gasteiger partial charge is 0.181 e. The zero-order valence-corrected chi connectivity index (χ0v) is 13.2. The van der Waals surface area contributed by atoms with Crippen LogP contribution in [-0.2, 0) is 7.05 Å². The van der Waals surface area contributed by atoms with Gasteiger partial charge in [0, 0.05) is 18.3 Å². The van der Waals surface area contributed by atoms with Gasteiger partial charge in [0.25, 0.3) is 0 Å². The van der Waals surface area contributed by atoms with Gasteiger partial charge in [-0.3, -0.25) is 0 Å². The van der Waals surface area contributed by atoms with Gasteiger partial charge in [0.15, 0.2) is 10.5 Å². The molecule has 1 atom stereocenters. The fraction of sp³-hybridized carbons (Fsp3) is 0.214. The molecule has 1 unspecified atom stereocenters. The number of hydrogen-bond acceptors (Lipinski definition) is 5. The Balaban J connectivity index is 1.82. The summed E-state index contributed by atoms with van der Waals surface area (Å²) in [5.74, 6) is 1.60. The Morgan fingerprint density at radius 2 is 2.14 bits per heavy atom. The highest BCUT2D eigenvalue weighted by Crippen LogP contribution is 2.25. The third-order valence-corrected chi connectivity index (χ3v) is 3.57. The predicted octanol–water partition coefficient (Wildman–Crippen LogP) is 3.41. The SMILES string of the molecule is CC(Nc1cccc(-c2nnnn2C)c1)c1ccc(Br)o1. The summed E-state index contributed by atoms with van der Waals surface area (Å²) in [6.07, 6.45) is 0. The van der Waals surface area contributed by atoms with Crippen LogP contribution in [-0.4, -0.2) is 20.2 Å². The molecule has 0 aliphatic rings. The van der Waals surface area contributed by atoms with E-state index in [0.717, 1.165) is 27.5 Å². The third kappa shape index (κ3) is 2.97.